The normalized spacial score (nSPS) is 10.9. The summed E-state index contributed by atoms with van der Waals surface area (Å²) in [5.41, 5.74) is 12.6. The van der Waals surface area contributed by atoms with E-state index in [1.165, 1.54) is 11.1 Å². The highest BCUT2D eigenvalue weighted by Gasteiger charge is 2.21. The molecule has 0 amide bonds. The van der Waals surface area contributed by atoms with Gasteiger partial charge in [0.05, 0.1) is 11.4 Å². The summed E-state index contributed by atoms with van der Waals surface area (Å²) in [6.45, 7) is 35.9. The fraction of sp³-hybridized carbons (Fsp3) is 0.143. The molecule has 3 rings (SSSR count). The Morgan fingerprint density at radius 3 is 1.66 bits per heavy atom. The van der Waals surface area contributed by atoms with Crippen molar-refractivity contribution < 1.29 is 0 Å². The summed E-state index contributed by atoms with van der Waals surface area (Å²) in [4.78, 5) is 8.95. The molecule has 0 bridgehead atoms. The van der Waals surface area contributed by atoms with Gasteiger partial charge in [0.15, 0.2) is 0 Å². The van der Waals surface area contributed by atoms with E-state index in [0.29, 0.717) is 0 Å². The first-order valence-electron chi connectivity index (χ1n) is 14.6. The molecule has 0 fully saturated rings. The van der Waals surface area contributed by atoms with Crippen LogP contribution in [0.15, 0.2) is 154 Å². The molecule has 0 saturated carbocycles. The van der Waals surface area contributed by atoms with E-state index in [1.807, 2.05) is 112 Å². The summed E-state index contributed by atoms with van der Waals surface area (Å²) in [6.07, 6.45) is 22.8. The molecule has 0 atom stereocenters. The molecular weight excluding hydrogens is 532 g/mol. The van der Waals surface area contributed by atoms with Crippen molar-refractivity contribution in [3.05, 3.63) is 199 Å². The number of aromatic nitrogens is 2. The number of rotatable bonds is 10. The van der Waals surface area contributed by atoms with Gasteiger partial charge in [-0.1, -0.05) is 124 Å². The lowest BCUT2D eigenvalue weighted by Gasteiger charge is -2.23. The first-order chi connectivity index (χ1) is 21.0. The Morgan fingerprint density at radius 2 is 1.23 bits per heavy atom. The molecule has 0 aliphatic rings. The third kappa shape index (κ3) is 11.3. The van der Waals surface area contributed by atoms with Crippen molar-refractivity contribution in [2.24, 2.45) is 0 Å². The average molecular weight is 581 g/mol. The highest BCUT2D eigenvalue weighted by molar-refractivity contribution is 5.90. The summed E-state index contributed by atoms with van der Waals surface area (Å²) >= 11 is 0. The lowest BCUT2D eigenvalue weighted by molar-refractivity contribution is 1.20. The summed E-state index contributed by atoms with van der Waals surface area (Å²) in [5, 5.41) is 0. The van der Waals surface area contributed by atoms with Crippen LogP contribution in [0.1, 0.15) is 65.5 Å². The molecule has 2 heterocycles. The van der Waals surface area contributed by atoms with Gasteiger partial charge in [-0.25, -0.2) is 0 Å². The quantitative estimate of drug-likeness (QED) is 0.223. The largest absolute Gasteiger partial charge is 0.256 e. The van der Waals surface area contributed by atoms with Crippen LogP contribution in [0.5, 0.6) is 0 Å². The highest BCUT2D eigenvalue weighted by atomic mass is 14.7. The van der Waals surface area contributed by atoms with Crippen LogP contribution in [0, 0.1) is 20.8 Å². The number of hydrogen-bond donors (Lipinski definition) is 0. The summed E-state index contributed by atoms with van der Waals surface area (Å²) in [5.74, 6) is 0. The zero-order valence-corrected chi connectivity index (χ0v) is 27.5. The van der Waals surface area contributed by atoms with Crippen molar-refractivity contribution in [3.8, 4) is 0 Å². The summed E-state index contributed by atoms with van der Waals surface area (Å²) in [7, 11) is 0. The second kappa shape index (κ2) is 19.9. The van der Waals surface area contributed by atoms with Crippen molar-refractivity contribution >= 4 is 17.2 Å². The van der Waals surface area contributed by atoms with Crippen LogP contribution >= 0.6 is 0 Å². The second-order valence-corrected chi connectivity index (χ2v) is 10.1. The zero-order valence-electron chi connectivity index (χ0n) is 27.5. The first-order valence-corrected chi connectivity index (χ1v) is 14.6. The van der Waals surface area contributed by atoms with Gasteiger partial charge in [0.1, 0.15) is 0 Å². The Hall–Kier alpha value is -5.08. The molecule has 3 aromatic rings. The maximum Gasteiger partial charge on any atom is 0.0702 e. The monoisotopic (exact) mass is 580 g/mol. The SMILES string of the molecule is C=C(C)/C=C\C=C/C.C=C/C=C\C=C(/C)C=C.C=Cc1c(C)c(C(=C)c2ccccn2)c(C)c(C)c1C(=C)c1ccccn1. The molecule has 1 aromatic carbocycles. The van der Waals surface area contributed by atoms with Gasteiger partial charge >= 0.3 is 0 Å². The second-order valence-electron chi connectivity index (χ2n) is 10.1. The molecule has 44 heavy (non-hydrogen) atoms. The molecule has 2 aromatic heterocycles. The molecule has 0 saturated heterocycles. The summed E-state index contributed by atoms with van der Waals surface area (Å²) in [6, 6.07) is 11.8. The number of nitrogens with zero attached hydrogens (tertiary/aromatic N) is 2. The lowest BCUT2D eigenvalue weighted by Crippen LogP contribution is -2.06. The Balaban J connectivity index is 0.000000468. The van der Waals surface area contributed by atoms with Crippen LogP contribution in [0.2, 0.25) is 0 Å². The fourth-order valence-electron chi connectivity index (χ4n) is 4.30. The molecule has 2 nitrogen and oxygen atoms in total. The Kier molecular flexibility index (Phi) is 16.7. The van der Waals surface area contributed by atoms with Gasteiger partial charge in [0.25, 0.3) is 0 Å². The van der Waals surface area contributed by atoms with Crippen LogP contribution in [0.4, 0.5) is 0 Å². The summed E-state index contributed by atoms with van der Waals surface area (Å²) < 4.78 is 0. The van der Waals surface area contributed by atoms with Crippen LogP contribution in [-0.2, 0) is 0 Å². The van der Waals surface area contributed by atoms with Gasteiger partial charge in [-0.05, 0) is 99.2 Å². The Morgan fingerprint density at radius 1 is 0.682 bits per heavy atom. The molecule has 0 aliphatic carbocycles. The molecular formula is C42H48N2. The maximum atomic E-state index is 4.47. The minimum atomic E-state index is 0.874. The number of pyridine rings is 2. The first kappa shape index (κ1) is 36.9. The molecule has 0 N–H and O–H groups in total. The number of hydrogen-bond acceptors (Lipinski definition) is 2. The molecule has 0 radical (unpaired) electrons. The smallest absolute Gasteiger partial charge is 0.0702 e. The minimum absolute atomic E-state index is 0.874. The zero-order chi connectivity index (χ0) is 33.1. The van der Waals surface area contributed by atoms with Crippen LogP contribution in [-0.4, -0.2) is 9.97 Å². The van der Waals surface area contributed by atoms with E-state index in [-0.39, 0.29) is 0 Å². The van der Waals surface area contributed by atoms with E-state index >= 15 is 0 Å². The van der Waals surface area contributed by atoms with Crippen LogP contribution in [0.3, 0.4) is 0 Å². The van der Waals surface area contributed by atoms with Gasteiger partial charge < -0.3 is 0 Å². The molecule has 0 spiro atoms. The topological polar surface area (TPSA) is 25.8 Å². The van der Waals surface area contributed by atoms with E-state index in [1.54, 1.807) is 18.5 Å². The van der Waals surface area contributed by atoms with Crippen LogP contribution in [0.25, 0.3) is 17.2 Å². The molecule has 226 valence electrons. The van der Waals surface area contributed by atoms with Gasteiger partial charge in [0.2, 0.25) is 0 Å². The number of allylic oxidation sites excluding steroid dienone is 11. The van der Waals surface area contributed by atoms with E-state index in [0.717, 1.165) is 55.9 Å². The van der Waals surface area contributed by atoms with Crippen molar-refractivity contribution in [1.82, 2.24) is 9.97 Å². The molecule has 2 heteroatoms. The van der Waals surface area contributed by atoms with E-state index in [9.17, 15) is 0 Å². The van der Waals surface area contributed by atoms with Crippen molar-refractivity contribution in [1.29, 1.82) is 0 Å². The lowest BCUT2D eigenvalue weighted by atomic mass is 9.82. The van der Waals surface area contributed by atoms with E-state index in [4.69, 9.17) is 0 Å². The number of benzene rings is 1. The van der Waals surface area contributed by atoms with Crippen LogP contribution < -0.4 is 0 Å². The van der Waals surface area contributed by atoms with Gasteiger partial charge in [-0.3, -0.25) is 9.97 Å². The van der Waals surface area contributed by atoms with Crippen molar-refractivity contribution in [3.63, 3.8) is 0 Å². The fourth-order valence-corrected chi connectivity index (χ4v) is 4.30. The van der Waals surface area contributed by atoms with Gasteiger partial charge in [0, 0.05) is 23.5 Å². The van der Waals surface area contributed by atoms with Crippen molar-refractivity contribution in [2.75, 3.05) is 0 Å². The maximum absolute atomic E-state index is 4.47. The van der Waals surface area contributed by atoms with Gasteiger partial charge in [-0.15, -0.1) is 0 Å². The average Bonchev–Trinajstić information content (AvgIpc) is 3.03. The van der Waals surface area contributed by atoms with E-state index < -0.39 is 0 Å². The third-order valence-corrected chi connectivity index (χ3v) is 6.73. The standard InChI is InChI=1S/C25H24N2.C9H12.C8H12/c1-7-21-18(4)24(19(5)22-12-8-10-14-26-22)16(2)17(3)25(21)20(6)23-13-9-11-15-27-23;1-4-6-7-8-9(3)5-2;1-4-5-6-7-8(2)3/h7-15H,1,5-6H2,2-4H3;4-8H,1-2H2,3H3;4-7H,2H2,1,3H3/b;7-6-,9-8+;5-4-,7-6-. The minimum Gasteiger partial charge on any atom is -0.256 e. The predicted octanol–water partition coefficient (Wildman–Crippen LogP) is 11.7. The molecule has 0 aliphatic heterocycles. The molecule has 0 unspecified atom stereocenters. The Labute approximate surface area is 267 Å². The predicted molar refractivity (Wildman–Crippen MR) is 198 cm³/mol. The third-order valence-electron chi connectivity index (χ3n) is 6.73. The van der Waals surface area contributed by atoms with E-state index in [2.05, 4.69) is 70.2 Å². The van der Waals surface area contributed by atoms with Crippen molar-refractivity contribution in [2.45, 2.75) is 41.5 Å². The highest BCUT2D eigenvalue weighted by Crippen LogP contribution is 2.38. The Bertz CT molecular complexity index is 1570. The van der Waals surface area contributed by atoms with Gasteiger partial charge in [-0.2, -0.15) is 0 Å².